The standard InChI is InChI=1S/C16H16FNO3S/c1-21-16(20)10-4-6-18(7-5-10)15(19)14-9-11-8-12(17)2-3-13(11)22-14/h2-3,8-10H,4-7H2,1H3. The number of piperidine rings is 1. The molecule has 0 atom stereocenters. The van der Waals surface area contributed by atoms with Gasteiger partial charge in [0.05, 0.1) is 17.9 Å². The van der Waals surface area contributed by atoms with Crippen LogP contribution in [0.1, 0.15) is 22.5 Å². The minimum absolute atomic E-state index is 0.0510. The van der Waals surface area contributed by atoms with Gasteiger partial charge in [-0.05, 0) is 42.5 Å². The van der Waals surface area contributed by atoms with Gasteiger partial charge in [-0.2, -0.15) is 0 Å². The number of carbonyl (C=O) groups is 2. The second-order valence-electron chi connectivity index (χ2n) is 5.38. The summed E-state index contributed by atoms with van der Waals surface area (Å²) in [7, 11) is 1.39. The summed E-state index contributed by atoms with van der Waals surface area (Å²) in [5, 5.41) is 0.748. The Balaban J connectivity index is 1.72. The molecular formula is C16H16FNO3S. The summed E-state index contributed by atoms with van der Waals surface area (Å²) >= 11 is 1.37. The smallest absolute Gasteiger partial charge is 0.308 e. The molecule has 0 unspecified atom stereocenters. The van der Waals surface area contributed by atoms with E-state index in [1.54, 1.807) is 17.0 Å². The molecule has 3 rings (SSSR count). The van der Waals surface area contributed by atoms with Gasteiger partial charge in [-0.1, -0.05) is 0 Å². The van der Waals surface area contributed by atoms with Gasteiger partial charge in [0, 0.05) is 17.8 Å². The molecule has 1 aliphatic heterocycles. The van der Waals surface area contributed by atoms with Crippen LogP contribution >= 0.6 is 11.3 Å². The Labute approximate surface area is 131 Å². The lowest BCUT2D eigenvalue weighted by Gasteiger charge is -2.30. The number of amides is 1. The molecule has 0 saturated carbocycles. The summed E-state index contributed by atoms with van der Waals surface area (Å²) in [4.78, 5) is 26.4. The minimum atomic E-state index is -0.303. The molecule has 0 bridgehead atoms. The van der Waals surface area contributed by atoms with Gasteiger partial charge < -0.3 is 9.64 Å². The molecule has 22 heavy (non-hydrogen) atoms. The second kappa shape index (κ2) is 6.04. The van der Waals surface area contributed by atoms with Crippen LogP contribution in [-0.2, 0) is 9.53 Å². The first-order valence-electron chi connectivity index (χ1n) is 7.14. The van der Waals surface area contributed by atoms with Crippen LogP contribution in [-0.4, -0.2) is 37.0 Å². The predicted molar refractivity (Wildman–Crippen MR) is 82.4 cm³/mol. The van der Waals surface area contributed by atoms with E-state index >= 15 is 0 Å². The number of methoxy groups -OCH3 is 1. The average molecular weight is 321 g/mol. The Bertz CT molecular complexity index is 719. The third-order valence-electron chi connectivity index (χ3n) is 4.01. The summed E-state index contributed by atoms with van der Waals surface area (Å²) in [5.41, 5.74) is 0. The maximum absolute atomic E-state index is 13.2. The van der Waals surface area contributed by atoms with Crippen molar-refractivity contribution in [3.8, 4) is 0 Å². The molecule has 1 saturated heterocycles. The van der Waals surface area contributed by atoms with E-state index in [0.717, 1.165) is 10.1 Å². The number of likely N-dealkylation sites (tertiary alicyclic amines) is 1. The molecule has 1 amide bonds. The fraction of sp³-hybridized carbons (Fsp3) is 0.375. The van der Waals surface area contributed by atoms with Crippen molar-refractivity contribution in [1.29, 1.82) is 0 Å². The Kier molecular flexibility index (Phi) is 4.11. The molecule has 2 aromatic rings. The highest BCUT2D eigenvalue weighted by molar-refractivity contribution is 7.20. The molecule has 0 radical (unpaired) electrons. The molecule has 2 heterocycles. The van der Waals surface area contributed by atoms with Crippen molar-refractivity contribution in [3.63, 3.8) is 0 Å². The molecular weight excluding hydrogens is 305 g/mol. The van der Waals surface area contributed by atoms with E-state index in [2.05, 4.69) is 0 Å². The molecule has 1 aromatic heterocycles. The van der Waals surface area contributed by atoms with E-state index < -0.39 is 0 Å². The molecule has 0 aliphatic carbocycles. The zero-order valence-corrected chi connectivity index (χ0v) is 13.0. The first kappa shape index (κ1) is 15.0. The maximum Gasteiger partial charge on any atom is 0.308 e. The van der Waals surface area contributed by atoms with Crippen LogP contribution in [0.5, 0.6) is 0 Å². The van der Waals surface area contributed by atoms with E-state index in [9.17, 15) is 14.0 Å². The number of rotatable bonds is 2. The van der Waals surface area contributed by atoms with Gasteiger partial charge in [-0.25, -0.2) is 4.39 Å². The summed E-state index contributed by atoms with van der Waals surface area (Å²) in [6.45, 7) is 1.09. The fourth-order valence-electron chi connectivity index (χ4n) is 2.76. The lowest BCUT2D eigenvalue weighted by atomic mass is 9.97. The Morgan fingerprint density at radius 1 is 1.27 bits per heavy atom. The highest BCUT2D eigenvalue weighted by Gasteiger charge is 2.28. The van der Waals surface area contributed by atoms with Gasteiger partial charge >= 0.3 is 5.97 Å². The van der Waals surface area contributed by atoms with Crippen molar-refractivity contribution in [2.45, 2.75) is 12.8 Å². The number of fused-ring (bicyclic) bond motifs is 1. The largest absolute Gasteiger partial charge is 0.469 e. The number of halogens is 1. The monoisotopic (exact) mass is 321 g/mol. The van der Waals surface area contributed by atoms with E-state index in [4.69, 9.17) is 4.74 Å². The third-order valence-corrected chi connectivity index (χ3v) is 5.11. The van der Waals surface area contributed by atoms with E-state index in [-0.39, 0.29) is 23.6 Å². The summed E-state index contributed by atoms with van der Waals surface area (Å²) in [6.07, 6.45) is 1.25. The van der Waals surface area contributed by atoms with Gasteiger partial charge in [0.25, 0.3) is 5.91 Å². The van der Waals surface area contributed by atoms with Crippen LogP contribution in [0.3, 0.4) is 0 Å². The van der Waals surface area contributed by atoms with Crippen LogP contribution < -0.4 is 0 Å². The number of hydrogen-bond acceptors (Lipinski definition) is 4. The molecule has 1 aromatic carbocycles. The number of benzene rings is 1. The SMILES string of the molecule is COC(=O)C1CCN(C(=O)c2cc3cc(F)ccc3s2)CC1. The Morgan fingerprint density at radius 3 is 2.68 bits per heavy atom. The lowest BCUT2D eigenvalue weighted by Crippen LogP contribution is -2.40. The predicted octanol–water partition coefficient (Wildman–Crippen LogP) is 3.07. The van der Waals surface area contributed by atoms with Crippen molar-refractivity contribution in [2.75, 3.05) is 20.2 Å². The molecule has 0 spiro atoms. The zero-order valence-electron chi connectivity index (χ0n) is 12.2. The van der Waals surface area contributed by atoms with Crippen LogP contribution in [0.2, 0.25) is 0 Å². The summed E-state index contributed by atoms with van der Waals surface area (Å²) in [6, 6.07) is 6.26. The average Bonchev–Trinajstić information content (AvgIpc) is 2.96. The highest BCUT2D eigenvalue weighted by atomic mass is 32.1. The summed E-state index contributed by atoms with van der Waals surface area (Å²) < 4.78 is 18.9. The Morgan fingerprint density at radius 2 is 2.00 bits per heavy atom. The Hall–Kier alpha value is -1.95. The molecule has 1 aliphatic rings. The first-order valence-corrected chi connectivity index (χ1v) is 7.96. The second-order valence-corrected chi connectivity index (χ2v) is 6.47. The van der Waals surface area contributed by atoms with Gasteiger partial charge in [-0.15, -0.1) is 11.3 Å². The molecule has 0 N–H and O–H groups in total. The number of hydrogen-bond donors (Lipinski definition) is 0. The van der Waals surface area contributed by atoms with Crippen LogP contribution in [0.25, 0.3) is 10.1 Å². The van der Waals surface area contributed by atoms with Crippen molar-refractivity contribution in [1.82, 2.24) is 4.90 Å². The zero-order chi connectivity index (χ0) is 15.7. The van der Waals surface area contributed by atoms with Crippen LogP contribution in [0, 0.1) is 11.7 Å². The van der Waals surface area contributed by atoms with Crippen molar-refractivity contribution >= 4 is 33.3 Å². The van der Waals surface area contributed by atoms with Crippen molar-refractivity contribution in [2.24, 2.45) is 5.92 Å². The molecule has 6 heteroatoms. The molecule has 4 nitrogen and oxygen atoms in total. The number of thiophene rings is 1. The number of nitrogens with zero attached hydrogens (tertiary/aromatic N) is 1. The highest BCUT2D eigenvalue weighted by Crippen LogP contribution is 2.28. The van der Waals surface area contributed by atoms with Crippen molar-refractivity contribution < 1.29 is 18.7 Å². The molecule has 1 fully saturated rings. The lowest BCUT2D eigenvalue weighted by molar-refractivity contribution is -0.146. The minimum Gasteiger partial charge on any atom is -0.469 e. The maximum atomic E-state index is 13.2. The first-order chi connectivity index (χ1) is 10.6. The number of esters is 1. The number of carbonyl (C=O) groups excluding carboxylic acids is 2. The topological polar surface area (TPSA) is 46.6 Å². The van der Waals surface area contributed by atoms with E-state index in [1.807, 2.05) is 0 Å². The van der Waals surface area contributed by atoms with Gasteiger partial charge in [-0.3, -0.25) is 9.59 Å². The fourth-order valence-corrected chi connectivity index (χ4v) is 3.77. The third kappa shape index (κ3) is 2.83. The van der Waals surface area contributed by atoms with Crippen LogP contribution in [0.4, 0.5) is 4.39 Å². The van der Waals surface area contributed by atoms with Crippen molar-refractivity contribution in [3.05, 3.63) is 35.0 Å². The number of ether oxygens (including phenoxy) is 1. The van der Waals surface area contributed by atoms with Gasteiger partial charge in [0.15, 0.2) is 0 Å². The van der Waals surface area contributed by atoms with E-state index in [0.29, 0.717) is 30.8 Å². The van der Waals surface area contributed by atoms with Gasteiger partial charge in [0.2, 0.25) is 0 Å². The van der Waals surface area contributed by atoms with Crippen LogP contribution in [0.15, 0.2) is 24.3 Å². The normalized spacial score (nSPS) is 16.0. The molecule has 116 valence electrons. The summed E-state index contributed by atoms with van der Waals surface area (Å²) in [5.74, 6) is -0.678. The van der Waals surface area contributed by atoms with E-state index in [1.165, 1.54) is 30.6 Å². The quantitative estimate of drug-likeness (QED) is 0.799. The van der Waals surface area contributed by atoms with Gasteiger partial charge in [0.1, 0.15) is 5.82 Å².